The van der Waals surface area contributed by atoms with E-state index >= 15 is 0 Å². The van der Waals surface area contributed by atoms with Gasteiger partial charge >= 0.3 is 5.97 Å². The second kappa shape index (κ2) is 5.50. The van der Waals surface area contributed by atoms with Crippen molar-refractivity contribution in [1.29, 1.82) is 0 Å². The summed E-state index contributed by atoms with van der Waals surface area (Å²) in [6.45, 7) is 0. The van der Waals surface area contributed by atoms with E-state index in [9.17, 15) is 4.79 Å². The van der Waals surface area contributed by atoms with Crippen LogP contribution in [0, 0.1) is 0 Å². The maximum absolute atomic E-state index is 11.6. The van der Waals surface area contributed by atoms with E-state index in [0.29, 0.717) is 16.4 Å². The molecule has 3 aromatic rings. The molecule has 0 bridgehead atoms. The number of benzene rings is 2. The summed E-state index contributed by atoms with van der Waals surface area (Å²) in [7, 11) is 1.36. The molecular formula is C15H10BrClN2O2. The monoisotopic (exact) mass is 364 g/mol. The molecule has 0 aliphatic carbocycles. The van der Waals surface area contributed by atoms with Gasteiger partial charge in [-0.3, -0.25) is 0 Å². The third kappa shape index (κ3) is 2.66. The average Bonchev–Trinajstić information content (AvgIpc) is 2.91. The predicted octanol–water partition coefficient (Wildman–Crippen LogP) is 4.43. The third-order valence-corrected chi connectivity index (χ3v) is 3.88. The molecule has 0 saturated heterocycles. The predicted molar refractivity (Wildman–Crippen MR) is 85.6 cm³/mol. The van der Waals surface area contributed by atoms with Gasteiger partial charge in [0.15, 0.2) is 0 Å². The first-order chi connectivity index (χ1) is 10.1. The maximum atomic E-state index is 11.6. The Kier molecular flexibility index (Phi) is 3.69. The van der Waals surface area contributed by atoms with Crippen molar-refractivity contribution in [3.05, 3.63) is 51.5 Å². The number of hydrogen-bond donors (Lipinski definition) is 1. The molecule has 0 unspecified atom stereocenters. The summed E-state index contributed by atoms with van der Waals surface area (Å²) in [5.74, 6) is 0.288. The number of aromatic nitrogens is 2. The summed E-state index contributed by atoms with van der Waals surface area (Å²) in [6, 6.07) is 10.7. The van der Waals surface area contributed by atoms with E-state index in [0.717, 1.165) is 21.1 Å². The first-order valence-electron chi connectivity index (χ1n) is 6.12. The quantitative estimate of drug-likeness (QED) is 0.683. The fraction of sp³-hybridized carbons (Fsp3) is 0.0667. The number of rotatable bonds is 2. The molecule has 4 nitrogen and oxygen atoms in total. The third-order valence-electron chi connectivity index (χ3n) is 3.06. The second-order valence-corrected chi connectivity index (χ2v) is 5.73. The van der Waals surface area contributed by atoms with Crippen molar-refractivity contribution in [1.82, 2.24) is 9.97 Å². The number of esters is 1. The van der Waals surface area contributed by atoms with Gasteiger partial charge in [0, 0.05) is 15.1 Å². The number of nitrogens with one attached hydrogen (secondary N) is 1. The van der Waals surface area contributed by atoms with Gasteiger partial charge in [0.05, 0.1) is 18.2 Å². The topological polar surface area (TPSA) is 55.0 Å². The van der Waals surface area contributed by atoms with Crippen LogP contribution in [-0.2, 0) is 4.74 Å². The van der Waals surface area contributed by atoms with Crippen LogP contribution in [0.1, 0.15) is 10.4 Å². The Hall–Kier alpha value is -1.85. The number of aromatic amines is 1. The molecule has 3 rings (SSSR count). The number of carbonyl (C=O) groups excluding carboxylic acids is 1. The number of imidazole rings is 1. The van der Waals surface area contributed by atoms with E-state index in [1.54, 1.807) is 24.3 Å². The zero-order valence-corrected chi connectivity index (χ0v) is 13.3. The van der Waals surface area contributed by atoms with Gasteiger partial charge in [-0.1, -0.05) is 23.7 Å². The largest absolute Gasteiger partial charge is 0.465 e. The standard InChI is InChI=1S/C15H10BrClN2O2/c1-21-15(20)9-4-2-3-8(5-9)14-18-12-7-10(17)6-11(16)13(12)19-14/h2-7H,1H3,(H,18,19). The van der Waals surface area contributed by atoms with Crippen LogP contribution in [0.25, 0.3) is 22.4 Å². The summed E-state index contributed by atoms with van der Waals surface area (Å²) in [4.78, 5) is 19.3. The second-order valence-electron chi connectivity index (χ2n) is 4.44. The van der Waals surface area contributed by atoms with Gasteiger partial charge in [0.1, 0.15) is 11.3 Å². The van der Waals surface area contributed by atoms with Crippen molar-refractivity contribution < 1.29 is 9.53 Å². The van der Waals surface area contributed by atoms with E-state index in [-0.39, 0.29) is 5.97 Å². The fourth-order valence-electron chi connectivity index (χ4n) is 2.09. The van der Waals surface area contributed by atoms with Gasteiger partial charge < -0.3 is 9.72 Å². The summed E-state index contributed by atoms with van der Waals surface area (Å²) < 4.78 is 5.54. The van der Waals surface area contributed by atoms with Crippen LogP contribution in [0.5, 0.6) is 0 Å². The number of halogens is 2. The first kappa shape index (κ1) is 14.1. The maximum Gasteiger partial charge on any atom is 0.337 e. The lowest BCUT2D eigenvalue weighted by atomic mass is 10.1. The lowest BCUT2D eigenvalue weighted by molar-refractivity contribution is 0.0601. The number of hydrogen-bond acceptors (Lipinski definition) is 3. The van der Waals surface area contributed by atoms with E-state index in [2.05, 4.69) is 25.9 Å². The van der Waals surface area contributed by atoms with Gasteiger partial charge in [-0.15, -0.1) is 0 Å². The molecule has 0 fully saturated rings. The molecule has 106 valence electrons. The zero-order chi connectivity index (χ0) is 15.0. The van der Waals surface area contributed by atoms with Crippen LogP contribution in [-0.4, -0.2) is 23.0 Å². The number of methoxy groups -OCH3 is 1. The lowest BCUT2D eigenvalue weighted by Gasteiger charge is -2.01. The smallest absolute Gasteiger partial charge is 0.337 e. The Labute approximate surface area is 134 Å². The average molecular weight is 366 g/mol. The minimum Gasteiger partial charge on any atom is -0.465 e. The molecule has 0 spiro atoms. The van der Waals surface area contributed by atoms with Crippen molar-refractivity contribution in [3.63, 3.8) is 0 Å². The van der Waals surface area contributed by atoms with Crippen LogP contribution in [0.3, 0.4) is 0 Å². The van der Waals surface area contributed by atoms with Crippen molar-refractivity contribution in [2.45, 2.75) is 0 Å². The van der Waals surface area contributed by atoms with Crippen molar-refractivity contribution in [3.8, 4) is 11.4 Å². The van der Waals surface area contributed by atoms with Crippen molar-refractivity contribution >= 4 is 44.5 Å². The zero-order valence-electron chi connectivity index (χ0n) is 11.0. The van der Waals surface area contributed by atoms with E-state index in [4.69, 9.17) is 16.3 Å². The van der Waals surface area contributed by atoms with Gasteiger partial charge in [-0.05, 0) is 40.2 Å². The molecule has 2 aromatic carbocycles. The molecular weight excluding hydrogens is 356 g/mol. The lowest BCUT2D eigenvalue weighted by Crippen LogP contribution is -2.00. The molecule has 0 aliphatic rings. The van der Waals surface area contributed by atoms with Crippen molar-refractivity contribution in [2.24, 2.45) is 0 Å². The van der Waals surface area contributed by atoms with Gasteiger partial charge in [0.25, 0.3) is 0 Å². The molecule has 0 atom stereocenters. The molecule has 21 heavy (non-hydrogen) atoms. The van der Waals surface area contributed by atoms with E-state index in [1.807, 2.05) is 12.1 Å². The van der Waals surface area contributed by atoms with Gasteiger partial charge in [-0.25, -0.2) is 9.78 Å². The molecule has 1 heterocycles. The molecule has 6 heteroatoms. The minimum atomic E-state index is -0.378. The summed E-state index contributed by atoms with van der Waals surface area (Å²) in [6.07, 6.45) is 0. The summed E-state index contributed by atoms with van der Waals surface area (Å²) in [5, 5.41) is 0.618. The van der Waals surface area contributed by atoms with Crippen LogP contribution >= 0.6 is 27.5 Å². The highest BCUT2D eigenvalue weighted by atomic mass is 79.9. The number of fused-ring (bicyclic) bond motifs is 1. The highest BCUT2D eigenvalue weighted by Crippen LogP contribution is 2.29. The van der Waals surface area contributed by atoms with Crippen molar-refractivity contribution in [2.75, 3.05) is 7.11 Å². The Balaban J connectivity index is 2.12. The number of carbonyl (C=O) groups is 1. The Bertz CT molecular complexity index is 845. The molecule has 0 saturated carbocycles. The van der Waals surface area contributed by atoms with E-state index < -0.39 is 0 Å². The van der Waals surface area contributed by atoms with Gasteiger partial charge in [-0.2, -0.15) is 0 Å². The first-order valence-corrected chi connectivity index (χ1v) is 7.29. The fourth-order valence-corrected chi connectivity index (χ4v) is 2.99. The molecule has 0 radical (unpaired) electrons. The van der Waals surface area contributed by atoms with Crippen LogP contribution < -0.4 is 0 Å². The molecule has 1 aromatic heterocycles. The summed E-state index contributed by atoms with van der Waals surface area (Å²) in [5.41, 5.74) is 2.90. The number of H-pyrrole nitrogens is 1. The van der Waals surface area contributed by atoms with E-state index in [1.165, 1.54) is 7.11 Å². The minimum absolute atomic E-state index is 0.378. The van der Waals surface area contributed by atoms with Crippen LogP contribution in [0.15, 0.2) is 40.9 Å². The molecule has 0 aliphatic heterocycles. The number of ether oxygens (including phenoxy) is 1. The van der Waals surface area contributed by atoms with Crippen LogP contribution in [0.4, 0.5) is 0 Å². The molecule has 1 N–H and O–H groups in total. The SMILES string of the molecule is COC(=O)c1cccc(-c2nc3c(Br)cc(Cl)cc3[nH]2)c1. The highest BCUT2D eigenvalue weighted by molar-refractivity contribution is 9.10. The normalized spacial score (nSPS) is 10.8. The summed E-state index contributed by atoms with van der Waals surface area (Å²) >= 11 is 9.47. The van der Waals surface area contributed by atoms with Gasteiger partial charge in [0.2, 0.25) is 0 Å². The number of nitrogens with zero attached hydrogens (tertiary/aromatic N) is 1. The Morgan fingerprint density at radius 1 is 1.33 bits per heavy atom. The molecule has 0 amide bonds. The Morgan fingerprint density at radius 3 is 2.90 bits per heavy atom. The van der Waals surface area contributed by atoms with Crippen LogP contribution in [0.2, 0.25) is 5.02 Å². The highest BCUT2D eigenvalue weighted by Gasteiger charge is 2.11. The Morgan fingerprint density at radius 2 is 2.14 bits per heavy atom.